The second kappa shape index (κ2) is 10.5. The van der Waals surface area contributed by atoms with E-state index in [2.05, 4.69) is 34.7 Å². The fraction of sp³-hybridized carbons (Fsp3) is 0.314. The van der Waals surface area contributed by atoms with Gasteiger partial charge in [0.05, 0.1) is 17.8 Å². The van der Waals surface area contributed by atoms with Crippen molar-refractivity contribution in [1.29, 1.82) is 0 Å². The molecule has 2 aromatic heterocycles. The summed E-state index contributed by atoms with van der Waals surface area (Å²) >= 11 is 1.86. The maximum Gasteiger partial charge on any atom is 0.339 e. The molecular weight excluding hydrogens is 577 g/mol. The van der Waals surface area contributed by atoms with E-state index in [-0.39, 0.29) is 23.2 Å². The number of carboxylic acid groups (broad SMARTS) is 1. The Morgan fingerprint density at radius 1 is 1.14 bits per heavy atom. The molecule has 0 aliphatic carbocycles. The fourth-order valence-electron chi connectivity index (χ4n) is 6.64. The number of aromatic carboxylic acids is 1. The average molecular weight is 612 g/mol. The molecule has 1 spiro atoms. The van der Waals surface area contributed by atoms with E-state index < -0.39 is 17.7 Å². The Labute approximate surface area is 259 Å². The number of nitrogens with one attached hydrogen (secondary N) is 1. The fourth-order valence-corrected chi connectivity index (χ4v) is 7.67. The van der Waals surface area contributed by atoms with Crippen molar-refractivity contribution in [3.05, 3.63) is 112 Å². The van der Waals surface area contributed by atoms with Crippen LogP contribution in [-0.2, 0) is 22.2 Å². The SMILES string of the molecule is Cc1cc(-n2c3c(c4c(OC(Cc5n[nH]c(C)c5C(=O)O)c5ccccc5)cccc42)C2(CSC2)OCC3(C)C)ccc1F. The number of rotatable bonds is 7. The summed E-state index contributed by atoms with van der Waals surface area (Å²) in [4.78, 5) is 12.1. The lowest BCUT2D eigenvalue weighted by Crippen LogP contribution is -2.51. The number of benzene rings is 3. The normalized spacial score (nSPS) is 17.3. The lowest BCUT2D eigenvalue weighted by atomic mass is 9.78. The van der Waals surface area contributed by atoms with Crippen LogP contribution in [0.1, 0.15) is 64.1 Å². The van der Waals surface area contributed by atoms with Gasteiger partial charge in [-0.05, 0) is 55.3 Å². The molecule has 2 aliphatic heterocycles. The van der Waals surface area contributed by atoms with E-state index in [9.17, 15) is 14.3 Å². The number of thioether (sulfide) groups is 1. The van der Waals surface area contributed by atoms with Gasteiger partial charge in [-0.15, -0.1) is 0 Å². The third-order valence-electron chi connectivity index (χ3n) is 8.89. The number of nitrogens with zero attached hydrogens (tertiary/aromatic N) is 2. The lowest BCUT2D eigenvalue weighted by Gasteiger charge is -2.49. The van der Waals surface area contributed by atoms with E-state index in [1.165, 1.54) is 6.07 Å². The molecule has 0 radical (unpaired) electrons. The number of ether oxygens (including phenoxy) is 2. The molecular formula is C35H34FN3O4S. The standard InChI is InChI=1S/C35H34FN3O4S/c1-20-15-23(13-14-24(20)36)39-26-11-8-12-27(30(26)31-32(39)34(3,4)17-42-35(31)18-44-19-35)43-28(22-9-6-5-7-10-22)16-25-29(33(40)41)21(2)37-38-25/h5-15,28H,16-19H2,1-4H3,(H,37,38)(H,40,41). The molecule has 7 rings (SSSR count). The molecule has 1 atom stereocenters. The number of carbonyl (C=O) groups is 1. The molecule has 3 aromatic carbocycles. The number of H-pyrrole nitrogens is 1. The zero-order valence-electron chi connectivity index (χ0n) is 25.1. The first-order valence-electron chi connectivity index (χ1n) is 14.7. The van der Waals surface area contributed by atoms with Gasteiger partial charge in [0.15, 0.2) is 0 Å². The van der Waals surface area contributed by atoms with Crippen molar-refractivity contribution in [3.63, 3.8) is 0 Å². The second-order valence-corrected chi connectivity index (χ2v) is 13.5. The average Bonchev–Trinajstić information content (AvgIpc) is 3.53. The van der Waals surface area contributed by atoms with E-state index in [0.717, 1.165) is 44.9 Å². The van der Waals surface area contributed by atoms with Crippen molar-refractivity contribution in [2.75, 3.05) is 18.1 Å². The van der Waals surface area contributed by atoms with E-state index in [1.807, 2.05) is 66.4 Å². The molecule has 1 unspecified atom stereocenters. The van der Waals surface area contributed by atoms with Gasteiger partial charge in [-0.1, -0.05) is 50.2 Å². The second-order valence-electron chi connectivity index (χ2n) is 12.5. The largest absolute Gasteiger partial charge is 0.485 e. The third-order valence-corrected chi connectivity index (χ3v) is 10.2. The number of aromatic nitrogens is 3. The van der Waals surface area contributed by atoms with Crippen molar-refractivity contribution < 1.29 is 23.8 Å². The highest BCUT2D eigenvalue weighted by atomic mass is 32.2. The van der Waals surface area contributed by atoms with Crippen LogP contribution in [0.3, 0.4) is 0 Å². The highest BCUT2D eigenvalue weighted by molar-refractivity contribution is 8.00. The summed E-state index contributed by atoms with van der Waals surface area (Å²) < 4.78 is 30.4. The molecule has 4 heterocycles. The summed E-state index contributed by atoms with van der Waals surface area (Å²) in [7, 11) is 0. The molecule has 9 heteroatoms. The first kappa shape index (κ1) is 28.7. The van der Waals surface area contributed by atoms with Gasteiger partial charge in [0.25, 0.3) is 0 Å². The summed E-state index contributed by atoms with van der Waals surface area (Å²) in [5.74, 6) is 1.10. The Morgan fingerprint density at radius 3 is 2.59 bits per heavy atom. The highest BCUT2D eigenvalue weighted by Crippen LogP contribution is 2.55. The van der Waals surface area contributed by atoms with E-state index in [0.29, 0.717) is 29.3 Å². The number of halogens is 1. The minimum atomic E-state index is -1.02. The van der Waals surface area contributed by atoms with Gasteiger partial charge in [-0.3, -0.25) is 5.10 Å². The molecule has 44 heavy (non-hydrogen) atoms. The molecule has 5 aromatic rings. The van der Waals surface area contributed by atoms with Crippen molar-refractivity contribution in [2.45, 2.75) is 51.2 Å². The van der Waals surface area contributed by atoms with Crippen LogP contribution in [0.15, 0.2) is 66.7 Å². The molecule has 226 valence electrons. The molecule has 0 bridgehead atoms. The number of hydrogen-bond donors (Lipinski definition) is 2. The van der Waals surface area contributed by atoms with Gasteiger partial charge in [-0.2, -0.15) is 16.9 Å². The first-order valence-corrected chi connectivity index (χ1v) is 15.9. The van der Waals surface area contributed by atoms with Gasteiger partial charge in [-0.25, -0.2) is 9.18 Å². The molecule has 7 nitrogen and oxygen atoms in total. The Kier molecular flexibility index (Phi) is 6.86. The third kappa shape index (κ3) is 4.52. The predicted molar refractivity (Wildman–Crippen MR) is 170 cm³/mol. The zero-order chi connectivity index (χ0) is 30.8. The number of hydrogen-bond acceptors (Lipinski definition) is 5. The van der Waals surface area contributed by atoms with E-state index in [1.54, 1.807) is 13.8 Å². The predicted octanol–water partition coefficient (Wildman–Crippen LogP) is 7.42. The number of carboxylic acids is 1. The number of fused-ring (bicyclic) bond motifs is 4. The molecule has 1 fully saturated rings. The van der Waals surface area contributed by atoms with Gasteiger partial charge >= 0.3 is 5.97 Å². The quantitative estimate of drug-likeness (QED) is 0.199. The van der Waals surface area contributed by atoms with Gasteiger partial charge in [0.2, 0.25) is 0 Å². The smallest absolute Gasteiger partial charge is 0.339 e. The molecule has 0 amide bonds. The van der Waals surface area contributed by atoms with Gasteiger partial charge < -0.3 is 19.1 Å². The highest BCUT2D eigenvalue weighted by Gasteiger charge is 2.52. The van der Waals surface area contributed by atoms with Crippen molar-refractivity contribution in [2.24, 2.45) is 0 Å². The summed E-state index contributed by atoms with van der Waals surface area (Å²) in [5.41, 5.74) is 5.94. The maximum absolute atomic E-state index is 14.5. The molecule has 1 saturated heterocycles. The summed E-state index contributed by atoms with van der Waals surface area (Å²) in [6.45, 7) is 8.45. The summed E-state index contributed by atoms with van der Waals surface area (Å²) in [6, 6.07) is 21.1. The minimum Gasteiger partial charge on any atom is -0.485 e. The van der Waals surface area contributed by atoms with Crippen LogP contribution in [-0.4, -0.2) is 44.0 Å². The van der Waals surface area contributed by atoms with Crippen LogP contribution in [0, 0.1) is 19.7 Å². The van der Waals surface area contributed by atoms with Crippen molar-refractivity contribution >= 4 is 28.6 Å². The molecule has 2 aliphatic rings. The van der Waals surface area contributed by atoms with Crippen LogP contribution in [0.25, 0.3) is 16.6 Å². The topological polar surface area (TPSA) is 89.4 Å². The number of aryl methyl sites for hydroxylation is 2. The summed E-state index contributed by atoms with van der Waals surface area (Å²) in [6.07, 6.45) is -0.256. The van der Waals surface area contributed by atoms with Gasteiger partial charge in [0, 0.05) is 51.4 Å². The summed E-state index contributed by atoms with van der Waals surface area (Å²) in [5, 5.41) is 18.1. The Balaban J connectivity index is 1.45. The molecule has 2 N–H and O–H groups in total. The Hall–Kier alpha value is -4.08. The van der Waals surface area contributed by atoms with Crippen molar-refractivity contribution in [1.82, 2.24) is 14.8 Å². The minimum absolute atomic E-state index is 0.170. The Morgan fingerprint density at radius 2 is 1.91 bits per heavy atom. The molecule has 0 saturated carbocycles. The zero-order valence-corrected chi connectivity index (χ0v) is 25.9. The van der Waals surface area contributed by atoms with Crippen LogP contribution >= 0.6 is 11.8 Å². The van der Waals surface area contributed by atoms with Crippen molar-refractivity contribution in [3.8, 4) is 11.4 Å². The van der Waals surface area contributed by atoms with Crippen LogP contribution < -0.4 is 4.74 Å². The first-order chi connectivity index (χ1) is 21.1. The van der Waals surface area contributed by atoms with Crippen LogP contribution in [0.4, 0.5) is 4.39 Å². The van der Waals surface area contributed by atoms with E-state index in [4.69, 9.17) is 9.47 Å². The van der Waals surface area contributed by atoms with Gasteiger partial charge in [0.1, 0.15) is 28.8 Å². The number of aromatic amines is 1. The van der Waals surface area contributed by atoms with E-state index >= 15 is 0 Å². The Bertz CT molecular complexity index is 1910. The van der Waals surface area contributed by atoms with Crippen LogP contribution in [0.5, 0.6) is 5.75 Å². The van der Waals surface area contributed by atoms with Crippen LogP contribution in [0.2, 0.25) is 0 Å². The lowest BCUT2D eigenvalue weighted by molar-refractivity contribution is -0.0598. The maximum atomic E-state index is 14.5. The monoisotopic (exact) mass is 611 g/mol.